The van der Waals surface area contributed by atoms with Crippen LogP contribution in [0, 0.1) is 5.92 Å². The van der Waals surface area contributed by atoms with Crippen molar-refractivity contribution in [2.75, 3.05) is 18.0 Å². The quantitative estimate of drug-likeness (QED) is 0.742. The zero-order valence-electron chi connectivity index (χ0n) is 12.4. The minimum absolute atomic E-state index is 0.623. The molecular weight excluding hydrogens is 270 g/mol. The van der Waals surface area contributed by atoms with Crippen molar-refractivity contribution in [1.82, 2.24) is 10.3 Å². The van der Waals surface area contributed by atoms with E-state index in [1.165, 1.54) is 12.8 Å². The van der Waals surface area contributed by atoms with Crippen molar-refractivity contribution in [3.8, 4) is 0 Å². The van der Waals surface area contributed by atoms with Crippen LogP contribution in [0.3, 0.4) is 0 Å². The Labute approximate surface area is 127 Å². The molecule has 0 atom stereocenters. The van der Waals surface area contributed by atoms with Crippen molar-refractivity contribution in [2.45, 2.75) is 39.3 Å². The van der Waals surface area contributed by atoms with Gasteiger partial charge >= 0.3 is 0 Å². The highest BCUT2D eigenvalue weighted by atomic mass is 35.5. The lowest BCUT2D eigenvalue weighted by Gasteiger charge is -2.22. The standard InChI is InChI=1S/C16H24ClN3/c1-4-7-20(14-5-6-14)16-8-13(15(17)11-19-16)10-18-9-12(2)3/h4,8,11-12,14,18H,1,5-7,9-10H2,2-3H3. The number of aromatic nitrogens is 1. The van der Waals surface area contributed by atoms with Crippen molar-refractivity contribution in [3.63, 3.8) is 0 Å². The molecule has 1 N–H and O–H groups in total. The van der Waals surface area contributed by atoms with E-state index in [1.807, 2.05) is 6.08 Å². The fraction of sp³-hybridized carbons (Fsp3) is 0.562. The lowest BCUT2D eigenvalue weighted by molar-refractivity contribution is 0.552. The highest BCUT2D eigenvalue weighted by molar-refractivity contribution is 6.31. The molecule has 0 spiro atoms. The molecule has 0 aromatic carbocycles. The number of hydrogen-bond donors (Lipinski definition) is 1. The summed E-state index contributed by atoms with van der Waals surface area (Å²) in [7, 11) is 0. The molecule has 0 unspecified atom stereocenters. The van der Waals surface area contributed by atoms with Crippen LogP contribution < -0.4 is 10.2 Å². The second kappa shape index (κ2) is 7.09. The molecule has 1 saturated carbocycles. The summed E-state index contributed by atoms with van der Waals surface area (Å²) in [4.78, 5) is 6.80. The third kappa shape index (κ3) is 4.22. The number of nitrogens with one attached hydrogen (secondary N) is 1. The number of pyridine rings is 1. The van der Waals surface area contributed by atoms with E-state index in [0.29, 0.717) is 12.0 Å². The molecular formula is C16H24ClN3. The van der Waals surface area contributed by atoms with E-state index in [9.17, 15) is 0 Å². The summed E-state index contributed by atoms with van der Waals surface area (Å²) in [6, 6.07) is 2.73. The summed E-state index contributed by atoms with van der Waals surface area (Å²) in [6.07, 6.45) is 6.20. The number of hydrogen-bond acceptors (Lipinski definition) is 3. The maximum atomic E-state index is 6.25. The van der Waals surface area contributed by atoms with Gasteiger partial charge in [0, 0.05) is 25.3 Å². The van der Waals surface area contributed by atoms with Gasteiger partial charge in [-0.15, -0.1) is 6.58 Å². The number of nitrogens with zero attached hydrogens (tertiary/aromatic N) is 2. The summed E-state index contributed by atoms with van der Waals surface area (Å²) in [5.74, 6) is 1.65. The molecule has 1 aliphatic carbocycles. The van der Waals surface area contributed by atoms with Gasteiger partial charge in [0.05, 0.1) is 5.02 Å². The monoisotopic (exact) mass is 293 g/mol. The second-order valence-electron chi connectivity index (χ2n) is 5.83. The maximum Gasteiger partial charge on any atom is 0.129 e. The number of anilines is 1. The fourth-order valence-corrected chi connectivity index (χ4v) is 2.38. The summed E-state index contributed by atoms with van der Waals surface area (Å²) < 4.78 is 0. The molecule has 0 bridgehead atoms. The van der Waals surface area contributed by atoms with Crippen molar-refractivity contribution >= 4 is 17.4 Å². The van der Waals surface area contributed by atoms with E-state index in [-0.39, 0.29) is 0 Å². The summed E-state index contributed by atoms with van der Waals surface area (Å²) in [6.45, 7) is 10.9. The number of halogens is 1. The Bertz CT molecular complexity index is 455. The number of rotatable bonds is 8. The average molecular weight is 294 g/mol. The van der Waals surface area contributed by atoms with Crippen LogP contribution >= 0.6 is 11.6 Å². The molecule has 2 rings (SSSR count). The Morgan fingerprint density at radius 1 is 1.55 bits per heavy atom. The van der Waals surface area contributed by atoms with Gasteiger partial charge in [0.25, 0.3) is 0 Å². The Morgan fingerprint density at radius 3 is 2.90 bits per heavy atom. The third-order valence-electron chi connectivity index (χ3n) is 3.40. The van der Waals surface area contributed by atoms with E-state index in [2.05, 4.69) is 41.7 Å². The van der Waals surface area contributed by atoms with Gasteiger partial charge in [-0.25, -0.2) is 4.98 Å². The average Bonchev–Trinajstić information content (AvgIpc) is 3.22. The molecule has 0 amide bonds. The molecule has 1 heterocycles. The molecule has 1 aromatic rings. The van der Waals surface area contributed by atoms with E-state index >= 15 is 0 Å². The summed E-state index contributed by atoms with van der Waals surface area (Å²) >= 11 is 6.25. The van der Waals surface area contributed by atoms with Crippen molar-refractivity contribution < 1.29 is 0 Å². The molecule has 4 heteroatoms. The van der Waals surface area contributed by atoms with E-state index in [1.54, 1.807) is 6.20 Å². The van der Waals surface area contributed by atoms with Crippen LogP contribution in [-0.4, -0.2) is 24.1 Å². The third-order valence-corrected chi connectivity index (χ3v) is 3.74. The highest BCUT2D eigenvalue weighted by Gasteiger charge is 2.29. The summed E-state index contributed by atoms with van der Waals surface area (Å²) in [5, 5.41) is 4.17. The predicted molar refractivity (Wildman–Crippen MR) is 86.4 cm³/mol. The van der Waals surface area contributed by atoms with Crippen LogP contribution in [0.1, 0.15) is 32.3 Å². The molecule has 0 saturated heterocycles. The van der Waals surface area contributed by atoms with Crippen molar-refractivity contribution in [1.29, 1.82) is 0 Å². The molecule has 20 heavy (non-hydrogen) atoms. The first-order valence-electron chi connectivity index (χ1n) is 7.34. The van der Waals surface area contributed by atoms with E-state index in [4.69, 9.17) is 11.6 Å². The smallest absolute Gasteiger partial charge is 0.129 e. The lowest BCUT2D eigenvalue weighted by atomic mass is 10.2. The molecule has 1 fully saturated rings. The van der Waals surface area contributed by atoms with Crippen LogP contribution in [0.4, 0.5) is 5.82 Å². The van der Waals surface area contributed by atoms with Crippen LogP contribution in [0.2, 0.25) is 5.02 Å². The SMILES string of the molecule is C=CCN(c1cc(CNCC(C)C)c(Cl)cn1)C1CC1. The Balaban J connectivity index is 2.08. The molecule has 0 aliphatic heterocycles. The van der Waals surface area contributed by atoms with Gasteiger partial charge in [0.2, 0.25) is 0 Å². The minimum Gasteiger partial charge on any atom is -0.350 e. The van der Waals surface area contributed by atoms with E-state index < -0.39 is 0 Å². The normalized spacial score (nSPS) is 14.6. The first kappa shape index (κ1) is 15.3. The predicted octanol–water partition coefficient (Wildman–Crippen LogP) is 3.64. The van der Waals surface area contributed by atoms with Gasteiger partial charge in [-0.3, -0.25) is 0 Å². The zero-order chi connectivity index (χ0) is 14.5. The molecule has 110 valence electrons. The molecule has 1 aliphatic rings. The Morgan fingerprint density at radius 2 is 2.30 bits per heavy atom. The van der Waals surface area contributed by atoms with Crippen molar-refractivity contribution in [3.05, 3.63) is 35.5 Å². The molecule has 0 radical (unpaired) electrons. The van der Waals surface area contributed by atoms with Gasteiger partial charge in [-0.1, -0.05) is 31.5 Å². The van der Waals surface area contributed by atoms with Crippen LogP contribution in [0.15, 0.2) is 24.9 Å². The van der Waals surface area contributed by atoms with E-state index in [0.717, 1.165) is 36.0 Å². The maximum absolute atomic E-state index is 6.25. The summed E-state index contributed by atoms with van der Waals surface area (Å²) in [5.41, 5.74) is 1.12. The second-order valence-corrected chi connectivity index (χ2v) is 6.24. The van der Waals surface area contributed by atoms with Gasteiger partial charge in [0.1, 0.15) is 5.82 Å². The first-order chi connectivity index (χ1) is 9.61. The first-order valence-corrected chi connectivity index (χ1v) is 7.72. The topological polar surface area (TPSA) is 28.2 Å². The zero-order valence-corrected chi connectivity index (χ0v) is 13.2. The van der Waals surface area contributed by atoms with Gasteiger partial charge in [-0.2, -0.15) is 0 Å². The highest BCUT2D eigenvalue weighted by Crippen LogP contribution is 2.31. The van der Waals surface area contributed by atoms with Gasteiger partial charge in [-0.05, 0) is 36.9 Å². The lowest BCUT2D eigenvalue weighted by Crippen LogP contribution is -2.27. The molecule has 3 nitrogen and oxygen atoms in total. The van der Waals surface area contributed by atoms with Crippen molar-refractivity contribution in [2.24, 2.45) is 5.92 Å². The van der Waals surface area contributed by atoms with Gasteiger partial charge in [0.15, 0.2) is 0 Å². The fourth-order valence-electron chi connectivity index (χ4n) is 2.21. The van der Waals surface area contributed by atoms with Crippen LogP contribution in [0.5, 0.6) is 0 Å². The Kier molecular flexibility index (Phi) is 5.44. The van der Waals surface area contributed by atoms with Crippen LogP contribution in [0.25, 0.3) is 0 Å². The molecule has 1 aromatic heterocycles. The minimum atomic E-state index is 0.623. The largest absolute Gasteiger partial charge is 0.350 e. The Hall–Kier alpha value is -1.06. The van der Waals surface area contributed by atoms with Crippen LogP contribution in [-0.2, 0) is 6.54 Å². The van der Waals surface area contributed by atoms with Gasteiger partial charge < -0.3 is 10.2 Å².